The highest BCUT2D eigenvalue weighted by Gasteiger charge is 2.23. The van der Waals surface area contributed by atoms with E-state index in [9.17, 15) is 8.42 Å². The standard InChI is InChI=1S/C18H19N3O4S/c22-26(23,18-6-5-17(25-18)15-7-9-19-21-15)20-12-13-8-10-24-16-4-2-1-3-14(16)11-13/h1-7,9,13,20H,8,10-12H2,(H,19,21). The maximum atomic E-state index is 12.5. The summed E-state index contributed by atoms with van der Waals surface area (Å²) < 4.78 is 38.9. The molecule has 2 aromatic heterocycles. The van der Waals surface area contributed by atoms with Crippen molar-refractivity contribution in [2.45, 2.75) is 17.9 Å². The Kier molecular flexibility index (Phi) is 4.52. The summed E-state index contributed by atoms with van der Waals surface area (Å²) >= 11 is 0. The number of hydrogen-bond donors (Lipinski definition) is 2. The van der Waals surface area contributed by atoms with Crippen molar-refractivity contribution in [1.82, 2.24) is 14.9 Å². The second-order valence-electron chi connectivity index (χ2n) is 6.26. The van der Waals surface area contributed by atoms with Crippen molar-refractivity contribution in [3.05, 3.63) is 54.2 Å². The number of sulfonamides is 1. The topological polar surface area (TPSA) is 97.2 Å². The van der Waals surface area contributed by atoms with E-state index in [0.29, 0.717) is 24.6 Å². The van der Waals surface area contributed by atoms with Crippen molar-refractivity contribution in [2.75, 3.05) is 13.2 Å². The SMILES string of the molecule is O=S(=O)(NCC1CCOc2ccccc2C1)c1ccc(-c2ccn[nH]2)o1. The highest BCUT2D eigenvalue weighted by Crippen LogP contribution is 2.27. The molecule has 4 rings (SSSR count). The fourth-order valence-corrected chi connectivity index (χ4v) is 4.08. The molecule has 1 aromatic carbocycles. The van der Waals surface area contributed by atoms with Crippen LogP contribution in [-0.2, 0) is 16.4 Å². The van der Waals surface area contributed by atoms with E-state index in [1.807, 2.05) is 24.3 Å². The molecule has 2 N–H and O–H groups in total. The fourth-order valence-electron chi connectivity index (χ4n) is 3.04. The number of H-pyrrole nitrogens is 1. The Balaban J connectivity index is 1.44. The summed E-state index contributed by atoms with van der Waals surface area (Å²) in [5, 5.41) is 6.47. The third-order valence-electron chi connectivity index (χ3n) is 4.44. The smallest absolute Gasteiger partial charge is 0.273 e. The quantitative estimate of drug-likeness (QED) is 0.716. The summed E-state index contributed by atoms with van der Waals surface area (Å²) in [6, 6.07) is 12.6. The van der Waals surface area contributed by atoms with Crippen molar-refractivity contribution >= 4 is 10.0 Å². The Hall–Kier alpha value is -2.58. The van der Waals surface area contributed by atoms with Gasteiger partial charge in [0, 0.05) is 12.7 Å². The van der Waals surface area contributed by atoms with Gasteiger partial charge in [-0.1, -0.05) is 18.2 Å². The minimum absolute atomic E-state index is 0.104. The van der Waals surface area contributed by atoms with Gasteiger partial charge in [0.1, 0.15) is 11.4 Å². The number of rotatable bonds is 5. The van der Waals surface area contributed by atoms with E-state index in [2.05, 4.69) is 14.9 Å². The first-order valence-corrected chi connectivity index (χ1v) is 9.90. The van der Waals surface area contributed by atoms with Crippen LogP contribution < -0.4 is 9.46 Å². The van der Waals surface area contributed by atoms with Gasteiger partial charge in [-0.05, 0) is 48.6 Å². The largest absolute Gasteiger partial charge is 0.493 e. The number of aromatic amines is 1. The van der Waals surface area contributed by atoms with Crippen LogP contribution in [0, 0.1) is 5.92 Å². The lowest BCUT2D eigenvalue weighted by molar-refractivity contribution is 0.294. The summed E-state index contributed by atoms with van der Waals surface area (Å²) in [5.74, 6) is 1.48. The lowest BCUT2D eigenvalue weighted by Gasteiger charge is -2.14. The number of nitrogens with zero attached hydrogens (tertiary/aromatic N) is 1. The predicted molar refractivity (Wildman–Crippen MR) is 95.2 cm³/mol. The molecule has 0 spiro atoms. The van der Waals surface area contributed by atoms with Crippen LogP contribution in [0.4, 0.5) is 0 Å². The highest BCUT2D eigenvalue weighted by molar-refractivity contribution is 7.89. The van der Waals surface area contributed by atoms with E-state index in [0.717, 1.165) is 24.2 Å². The average molecular weight is 373 g/mol. The Labute approximate surface area is 151 Å². The molecule has 0 bridgehead atoms. The number of aromatic nitrogens is 2. The molecular formula is C18H19N3O4S. The molecule has 0 amide bonds. The first kappa shape index (κ1) is 16.9. The van der Waals surface area contributed by atoms with Gasteiger partial charge in [0.05, 0.1) is 6.61 Å². The van der Waals surface area contributed by atoms with E-state index in [-0.39, 0.29) is 11.0 Å². The molecule has 0 radical (unpaired) electrons. The third-order valence-corrected chi connectivity index (χ3v) is 5.74. The Morgan fingerprint density at radius 3 is 2.92 bits per heavy atom. The van der Waals surface area contributed by atoms with Gasteiger partial charge in [0.15, 0.2) is 5.76 Å². The zero-order valence-electron chi connectivity index (χ0n) is 14.0. The second-order valence-corrected chi connectivity index (χ2v) is 7.95. The summed E-state index contributed by atoms with van der Waals surface area (Å²) in [6.45, 7) is 0.911. The average Bonchev–Trinajstić information content (AvgIpc) is 3.28. The molecule has 3 aromatic rings. The molecule has 1 aliphatic heterocycles. The van der Waals surface area contributed by atoms with Gasteiger partial charge in [-0.15, -0.1) is 0 Å². The molecule has 0 fully saturated rings. The molecular weight excluding hydrogens is 354 g/mol. The molecule has 1 aliphatic rings. The zero-order chi connectivity index (χ0) is 18.0. The van der Waals surface area contributed by atoms with Gasteiger partial charge in [-0.3, -0.25) is 5.10 Å². The minimum Gasteiger partial charge on any atom is -0.493 e. The van der Waals surface area contributed by atoms with Crippen LogP contribution in [-0.4, -0.2) is 31.8 Å². The van der Waals surface area contributed by atoms with Crippen LogP contribution in [0.15, 0.2) is 58.2 Å². The van der Waals surface area contributed by atoms with Crippen molar-refractivity contribution in [1.29, 1.82) is 0 Å². The van der Waals surface area contributed by atoms with Gasteiger partial charge in [0.25, 0.3) is 10.0 Å². The van der Waals surface area contributed by atoms with E-state index in [1.165, 1.54) is 6.07 Å². The summed E-state index contributed by atoms with van der Waals surface area (Å²) in [4.78, 5) is 0. The molecule has 7 nitrogen and oxygen atoms in total. The van der Waals surface area contributed by atoms with Gasteiger partial charge in [-0.2, -0.15) is 5.10 Å². The molecule has 3 heterocycles. The molecule has 26 heavy (non-hydrogen) atoms. The maximum Gasteiger partial charge on any atom is 0.273 e. The number of para-hydroxylation sites is 1. The van der Waals surface area contributed by atoms with Crippen LogP contribution in [0.5, 0.6) is 5.75 Å². The van der Waals surface area contributed by atoms with Crippen LogP contribution in [0.1, 0.15) is 12.0 Å². The Morgan fingerprint density at radius 1 is 1.19 bits per heavy atom. The normalized spacial score (nSPS) is 17.3. The van der Waals surface area contributed by atoms with Crippen molar-refractivity contribution in [3.8, 4) is 17.2 Å². The fraction of sp³-hybridized carbons (Fsp3) is 0.278. The summed E-state index contributed by atoms with van der Waals surface area (Å²) in [7, 11) is -3.71. The van der Waals surface area contributed by atoms with E-state index < -0.39 is 10.0 Å². The number of ether oxygens (including phenoxy) is 1. The van der Waals surface area contributed by atoms with Crippen LogP contribution in [0.25, 0.3) is 11.5 Å². The number of furan rings is 1. The number of benzene rings is 1. The van der Waals surface area contributed by atoms with Crippen LogP contribution in [0.3, 0.4) is 0 Å². The van der Waals surface area contributed by atoms with E-state index in [1.54, 1.807) is 18.3 Å². The lowest BCUT2D eigenvalue weighted by Crippen LogP contribution is -2.30. The van der Waals surface area contributed by atoms with Crippen LogP contribution >= 0.6 is 0 Å². The van der Waals surface area contributed by atoms with Crippen LogP contribution in [0.2, 0.25) is 0 Å². The predicted octanol–water partition coefficient (Wildman–Crippen LogP) is 2.59. The zero-order valence-corrected chi connectivity index (χ0v) is 14.8. The lowest BCUT2D eigenvalue weighted by atomic mass is 9.97. The first-order chi connectivity index (χ1) is 12.6. The van der Waals surface area contributed by atoms with Crippen molar-refractivity contribution in [2.24, 2.45) is 5.92 Å². The number of hydrogen-bond acceptors (Lipinski definition) is 5. The van der Waals surface area contributed by atoms with Gasteiger partial charge in [-0.25, -0.2) is 13.1 Å². The van der Waals surface area contributed by atoms with Gasteiger partial charge in [0.2, 0.25) is 5.09 Å². The van der Waals surface area contributed by atoms with E-state index in [4.69, 9.17) is 9.15 Å². The molecule has 1 atom stereocenters. The molecule has 1 unspecified atom stereocenters. The number of fused-ring (bicyclic) bond motifs is 1. The summed E-state index contributed by atoms with van der Waals surface area (Å²) in [6.07, 6.45) is 3.14. The van der Waals surface area contributed by atoms with Crippen molar-refractivity contribution < 1.29 is 17.6 Å². The molecule has 0 aliphatic carbocycles. The minimum atomic E-state index is -3.71. The third kappa shape index (κ3) is 3.51. The molecule has 0 saturated heterocycles. The van der Waals surface area contributed by atoms with Crippen molar-refractivity contribution in [3.63, 3.8) is 0 Å². The molecule has 136 valence electrons. The molecule has 0 saturated carbocycles. The second kappa shape index (κ2) is 6.97. The summed E-state index contributed by atoms with van der Waals surface area (Å²) in [5.41, 5.74) is 1.73. The first-order valence-electron chi connectivity index (χ1n) is 8.42. The molecule has 8 heteroatoms. The van der Waals surface area contributed by atoms with Gasteiger partial charge < -0.3 is 9.15 Å². The monoisotopic (exact) mass is 373 g/mol. The Bertz CT molecular complexity index is 980. The number of nitrogens with one attached hydrogen (secondary N) is 2. The van der Waals surface area contributed by atoms with Gasteiger partial charge >= 0.3 is 0 Å². The Morgan fingerprint density at radius 2 is 2.08 bits per heavy atom. The maximum absolute atomic E-state index is 12.5. The van der Waals surface area contributed by atoms with E-state index >= 15 is 0 Å². The highest BCUT2D eigenvalue weighted by atomic mass is 32.2.